The maximum atomic E-state index is 12.3. The molecule has 33 heavy (non-hydrogen) atoms. The summed E-state index contributed by atoms with van der Waals surface area (Å²) in [6.45, 7) is 8.32. The molecule has 1 aliphatic rings. The van der Waals surface area contributed by atoms with Gasteiger partial charge in [-0.25, -0.2) is 14.6 Å². The first kappa shape index (κ1) is 22.9. The van der Waals surface area contributed by atoms with E-state index in [0.717, 1.165) is 41.1 Å². The topological polar surface area (TPSA) is 103 Å². The van der Waals surface area contributed by atoms with E-state index in [2.05, 4.69) is 41.5 Å². The molecule has 0 saturated heterocycles. The number of thioether (sulfide) groups is 1. The van der Waals surface area contributed by atoms with Crippen LogP contribution in [-0.4, -0.2) is 50.8 Å². The van der Waals surface area contributed by atoms with E-state index in [1.165, 1.54) is 6.08 Å². The molecule has 10 heteroatoms. The molecule has 2 aromatic heterocycles. The molecule has 0 fully saturated rings. The van der Waals surface area contributed by atoms with Gasteiger partial charge in [-0.1, -0.05) is 38.6 Å². The summed E-state index contributed by atoms with van der Waals surface area (Å²) in [5.41, 5.74) is 1.63. The molecule has 0 aliphatic carbocycles. The van der Waals surface area contributed by atoms with Crippen molar-refractivity contribution in [2.24, 2.45) is 0 Å². The zero-order valence-corrected chi connectivity index (χ0v) is 19.8. The van der Waals surface area contributed by atoms with E-state index in [4.69, 9.17) is 14.5 Å². The summed E-state index contributed by atoms with van der Waals surface area (Å²) in [6.07, 6.45) is 6.02. The van der Waals surface area contributed by atoms with Crippen molar-refractivity contribution >= 4 is 40.6 Å². The molecule has 0 atom stereocenters. The summed E-state index contributed by atoms with van der Waals surface area (Å²) >= 11 is 1.61. The number of ether oxygens (including phenoxy) is 2. The zero-order chi connectivity index (χ0) is 23.2. The highest BCUT2D eigenvalue weighted by Gasteiger charge is 2.15. The maximum Gasteiger partial charge on any atom is 0.244 e. The first-order valence-corrected chi connectivity index (χ1v) is 11.9. The number of amides is 1. The lowest BCUT2D eigenvalue weighted by molar-refractivity contribution is -0.116. The van der Waals surface area contributed by atoms with Crippen molar-refractivity contribution in [3.8, 4) is 11.5 Å². The van der Waals surface area contributed by atoms with Crippen molar-refractivity contribution in [1.82, 2.24) is 25.1 Å². The van der Waals surface area contributed by atoms with Crippen LogP contribution in [0.2, 0.25) is 0 Å². The number of fused-ring (bicyclic) bond motifs is 2. The summed E-state index contributed by atoms with van der Waals surface area (Å²) in [5, 5.41) is 12.7. The predicted molar refractivity (Wildman–Crippen MR) is 130 cm³/mol. The van der Waals surface area contributed by atoms with Crippen molar-refractivity contribution < 1.29 is 14.3 Å². The number of benzene rings is 1. The van der Waals surface area contributed by atoms with E-state index >= 15 is 0 Å². The lowest BCUT2D eigenvalue weighted by Crippen LogP contribution is -2.25. The molecule has 1 aliphatic heterocycles. The number of aromatic nitrogens is 4. The van der Waals surface area contributed by atoms with Gasteiger partial charge in [0, 0.05) is 24.4 Å². The first-order valence-electron chi connectivity index (χ1n) is 11.0. The third-order valence-electron chi connectivity index (χ3n) is 4.81. The molecule has 174 valence electrons. The van der Waals surface area contributed by atoms with Crippen LogP contribution in [0.3, 0.4) is 0 Å². The van der Waals surface area contributed by atoms with Crippen LogP contribution in [0.4, 0.5) is 5.82 Å². The fourth-order valence-corrected chi connectivity index (χ4v) is 3.98. The molecule has 3 heterocycles. The van der Waals surface area contributed by atoms with Gasteiger partial charge in [-0.3, -0.25) is 4.79 Å². The zero-order valence-electron chi connectivity index (χ0n) is 19.0. The van der Waals surface area contributed by atoms with Crippen LogP contribution < -0.4 is 20.1 Å². The Kier molecular flexibility index (Phi) is 7.33. The highest BCUT2D eigenvalue weighted by Crippen LogP contribution is 2.32. The van der Waals surface area contributed by atoms with Crippen LogP contribution >= 0.6 is 11.8 Å². The van der Waals surface area contributed by atoms with Gasteiger partial charge < -0.3 is 20.1 Å². The molecule has 1 amide bonds. The van der Waals surface area contributed by atoms with E-state index in [1.54, 1.807) is 28.7 Å². The highest BCUT2D eigenvalue weighted by atomic mass is 32.2. The normalized spacial score (nSPS) is 12.7. The average Bonchev–Trinajstić information content (AvgIpc) is 3.42. The number of nitrogens with zero attached hydrogens (tertiary/aromatic N) is 4. The van der Waals surface area contributed by atoms with Crippen molar-refractivity contribution in [2.75, 3.05) is 25.2 Å². The van der Waals surface area contributed by atoms with Gasteiger partial charge in [-0.2, -0.15) is 5.10 Å². The van der Waals surface area contributed by atoms with E-state index in [-0.39, 0.29) is 12.7 Å². The van der Waals surface area contributed by atoms with Gasteiger partial charge in [-0.05, 0) is 30.2 Å². The Balaban J connectivity index is 1.39. The molecule has 0 bridgehead atoms. The Bertz CT molecular complexity index is 1160. The van der Waals surface area contributed by atoms with Crippen molar-refractivity contribution in [3.05, 3.63) is 36.0 Å². The number of rotatable bonds is 10. The summed E-state index contributed by atoms with van der Waals surface area (Å²) in [7, 11) is 0. The smallest absolute Gasteiger partial charge is 0.244 e. The van der Waals surface area contributed by atoms with Crippen molar-refractivity contribution in [2.45, 2.75) is 44.1 Å². The fraction of sp³-hybridized carbons (Fsp3) is 0.391. The molecular weight excluding hydrogens is 440 g/mol. The molecule has 3 aromatic rings. The second-order valence-electron chi connectivity index (χ2n) is 7.79. The molecule has 0 unspecified atom stereocenters. The third kappa shape index (κ3) is 5.75. The van der Waals surface area contributed by atoms with Crippen LogP contribution in [0.1, 0.15) is 32.8 Å². The van der Waals surface area contributed by atoms with Gasteiger partial charge in [0.2, 0.25) is 12.7 Å². The minimum atomic E-state index is -0.180. The highest BCUT2D eigenvalue weighted by molar-refractivity contribution is 7.99. The summed E-state index contributed by atoms with van der Waals surface area (Å²) < 4.78 is 12.5. The van der Waals surface area contributed by atoms with Gasteiger partial charge >= 0.3 is 0 Å². The molecule has 0 spiro atoms. The quantitative estimate of drug-likeness (QED) is 0.264. The largest absolute Gasteiger partial charge is 0.454 e. The molecule has 1 aromatic carbocycles. The molecular formula is C23H28N6O3S. The standard InChI is InChI=1S/C23H28N6O3S/c1-4-9-25-21-17-13-26-29(22(17)28-23(27-21)33-15(2)3)11-10-24-20(30)8-6-16-5-7-18-19(12-16)32-14-31-18/h5-8,12-13,15H,4,9-11,14H2,1-3H3,(H,24,30)(H,25,27,28)/b8-6-. The van der Waals surface area contributed by atoms with Crippen LogP contribution in [0, 0.1) is 0 Å². The Labute approximate surface area is 197 Å². The van der Waals surface area contributed by atoms with Crippen LogP contribution in [-0.2, 0) is 11.3 Å². The number of nitrogens with one attached hydrogen (secondary N) is 2. The molecule has 2 N–H and O–H groups in total. The maximum absolute atomic E-state index is 12.3. The van der Waals surface area contributed by atoms with Crippen molar-refractivity contribution in [1.29, 1.82) is 0 Å². The van der Waals surface area contributed by atoms with E-state index in [0.29, 0.717) is 29.2 Å². The molecule has 0 radical (unpaired) electrons. The lowest BCUT2D eigenvalue weighted by atomic mass is 10.2. The summed E-state index contributed by atoms with van der Waals surface area (Å²) in [6, 6.07) is 5.56. The van der Waals surface area contributed by atoms with Gasteiger partial charge in [0.1, 0.15) is 5.82 Å². The SMILES string of the molecule is CCCNc1nc(SC(C)C)nc2c1cnn2CCNC(=O)/C=C\c1ccc2c(c1)OCO2. The van der Waals surface area contributed by atoms with E-state index < -0.39 is 0 Å². The second kappa shape index (κ2) is 10.6. The lowest BCUT2D eigenvalue weighted by Gasteiger charge is -2.10. The summed E-state index contributed by atoms with van der Waals surface area (Å²) in [4.78, 5) is 21.6. The van der Waals surface area contributed by atoms with Crippen LogP contribution in [0.15, 0.2) is 35.6 Å². The first-order chi connectivity index (χ1) is 16.0. The Morgan fingerprint density at radius 3 is 2.91 bits per heavy atom. The second-order valence-corrected chi connectivity index (χ2v) is 9.33. The Morgan fingerprint density at radius 2 is 2.09 bits per heavy atom. The molecule has 4 rings (SSSR count). The minimum absolute atomic E-state index is 0.180. The van der Waals surface area contributed by atoms with E-state index in [9.17, 15) is 4.79 Å². The number of carbonyl (C=O) groups is 1. The van der Waals surface area contributed by atoms with Gasteiger partial charge in [0.05, 0.1) is 18.1 Å². The van der Waals surface area contributed by atoms with Crippen molar-refractivity contribution in [3.63, 3.8) is 0 Å². The van der Waals surface area contributed by atoms with Gasteiger partial charge in [0.25, 0.3) is 0 Å². The Morgan fingerprint density at radius 1 is 1.24 bits per heavy atom. The molecule has 9 nitrogen and oxygen atoms in total. The number of hydrogen-bond acceptors (Lipinski definition) is 8. The predicted octanol–water partition coefficient (Wildman–Crippen LogP) is 3.71. The van der Waals surface area contributed by atoms with Crippen LogP contribution in [0.5, 0.6) is 11.5 Å². The number of carbonyl (C=O) groups excluding carboxylic acids is 1. The number of hydrogen-bond donors (Lipinski definition) is 2. The van der Waals surface area contributed by atoms with Gasteiger partial charge in [-0.15, -0.1) is 0 Å². The molecule has 0 saturated carbocycles. The Hall–Kier alpha value is -3.27. The summed E-state index contributed by atoms with van der Waals surface area (Å²) in [5.74, 6) is 2.02. The minimum Gasteiger partial charge on any atom is -0.454 e. The monoisotopic (exact) mass is 468 g/mol. The number of anilines is 1. The average molecular weight is 469 g/mol. The third-order valence-corrected chi connectivity index (χ3v) is 5.67. The van der Waals surface area contributed by atoms with Crippen LogP contribution in [0.25, 0.3) is 17.1 Å². The van der Waals surface area contributed by atoms with Gasteiger partial charge in [0.15, 0.2) is 22.3 Å². The van der Waals surface area contributed by atoms with E-state index in [1.807, 2.05) is 18.2 Å². The fourth-order valence-electron chi connectivity index (χ4n) is 3.27.